The molecule has 0 bridgehead atoms. The van der Waals surface area contributed by atoms with Gasteiger partial charge in [-0.3, -0.25) is 4.79 Å². The topological polar surface area (TPSA) is 52.6 Å². The van der Waals surface area contributed by atoms with E-state index in [1.807, 2.05) is 0 Å². The van der Waals surface area contributed by atoms with Gasteiger partial charge in [0, 0.05) is 20.1 Å². The first-order valence-electron chi connectivity index (χ1n) is 6.62. The van der Waals surface area contributed by atoms with Gasteiger partial charge >= 0.3 is 6.18 Å². The van der Waals surface area contributed by atoms with Crippen molar-refractivity contribution in [2.45, 2.75) is 24.7 Å². The molecule has 0 aliphatic carbocycles. The van der Waals surface area contributed by atoms with Gasteiger partial charge in [0.15, 0.2) is 0 Å². The highest BCUT2D eigenvalue weighted by atomic mass is 19.4. The van der Waals surface area contributed by atoms with Crippen LogP contribution in [0.1, 0.15) is 23.7 Å². The van der Waals surface area contributed by atoms with Gasteiger partial charge in [-0.15, -0.1) is 0 Å². The molecule has 1 aliphatic rings. The van der Waals surface area contributed by atoms with Crippen LogP contribution in [-0.4, -0.2) is 42.1 Å². The van der Waals surface area contributed by atoms with Crippen LogP contribution in [0.4, 0.5) is 13.2 Å². The van der Waals surface area contributed by atoms with Crippen LogP contribution in [0.25, 0.3) is 0 Å². The number of benzene rings is 1. The average molecular weight is 302 g/mol. The van der Waals surface area contributed by atoms with E-state index in [4.69, 9.17) is 0 Å². The van der Waals surface area contributed by atoms with Crippen molar-refractivity contribution >= 4 is 5.91 Å². The molecule has 1 heterocycles. The third-order valence-corrected chi connectivity index (χ3v) is 3.61. The largest absolute Gasteiger partial charge is 0.416 e. The van der Waals surface area contributed by atoms with Crippen LogP contribution in [0.5, 0.6) is 0 Å². The van der Waals surface area contributed by atoms with Gasteiger partial charge in [-0.25, -0.2) is 0 Å². The van der Waals surface area contributed by atoms with Crippen molar-refractivity contribution in [2.24, 2.45) is 0 Å². The fourth-order valence-electron chi connectivity index (χ4n) is 2.28. The molecule has 1 saturated heterocycles. The molecule has 0 aromatic heterocycles. The summed E-state index contributed by atoms with van der Waals surface area (Å²) in [5, 5.41) is 12.9. The molecule has 1 fully saturated rings. The number of amides is 1. The number of likely N-dealkylation sites (N-methyl/N-ethyl adjacent to an activating group) is 1. The highest BCUT2D eigenvalue weighted by molar-refractivity contribution is 5.83. The summed E-state index contributed by atoms with van der Waals surface area (Å²) in [6.45, 7) is 0.780. The van der Waals surface area contributed by atoms with Crippen molar-refractivity contribution < 1.29 is 23.1 Å². The van der Waals surface area contributed by atoms with E-state index >= 15 is 0 Å². The summed E-state index contributed by atoms with van der Waals surface area (Å²) in [5.41, 5.74) is -0.367. The van der Waals surface area contributed by atoms with Gasteiger partial charge < -0.3 is 15.3 Å². The first-order chi connectivity index (χ1) is 9.79. The summed E-state index contributed by atoms with van der Waals surface area (Å²) in [6.07, 6.45) is -4.68. The standard InChI is InChI=1S/C14H17F3N2O2/c1-19-7-6-11(13(19)21)18-8-12(20)9-2-4-10(5-3-9)14(15,16)17/h2-5,11-12,18,20H,6-8H2,1H3. The van der Waals surface area contributed by atoms with Crippen LogP contribution in [0, 0.1) is 0 Å². The molecule has 0 spiro atoms. The summed E-state index contributed by atoms with van der Waals surface area (Å²) in [6, 6.07) is 4.04. The first kappa shape index (κ1) is 15.8. The number of rotatable bonds is 4. The fraction of sp³-hybridized carbons (Fsp3) is 0.500. The Morgan fingerprint density at radius 2 is 2.00 bits per heavy atom. The average Bonchev–Trinajstić information content (AvgIpc) is 2.75. The molecule has 2 N–H and O–H groups in total. The summed E-state index contributed by atoms with van der Waals surface area (Å²) in [7, 11) is 1.70. The SMILES string of the molecule is CN1CCC(NCC(O)c2ccc(C(F)(F)F)cc2)C1=O. The Labute approximate surface area is 120 Å². The highest BCUT2D eigenvalue weighted by Crippen LogP contribution is 2.29. The van der Waals surface area contributed by atoms with Gasteiger partial charge in [0.25, 0.3) is 0 Å². The van der Waals surface area contributed by atoms with E-state index in [9.17, 15) is 23.1 Å². The molecular formula is C14H17F3N2O2. The van der Waals surface area contributed by atoms with E-state index in [0.717, 1.165) is 12.1 Å². The summed E-state index contributed by atoms with van der Waals surface area (Å²) in [5.74, 6) is -0.0328. The molecule has 2 atom stereocenters. The lowest BCUT2D eigenvalue weighted by Gasteiger charge is -2.16. The number of aliphatic hydroxyl groups excluding tert-OH is 1. The molecule has 0 radical (unpaired) electrons. The van der Waals surface area contributed by atoms with E-state index in [2.05, 4.69) is 5.32 Å². The summed E-state index contributed by atoms with van der Waals surface area (Å²) < 4.78 is 37.3. The van der Waals surface area contributed by atoms with E-state index in [-0.39, 0.29) is 18.5 Å². The smallest absolute Gasteiger partial charge is 0.387 e. The van der Waals surface area contributed by atoms with Crippen LogP contribution in [0.2, 0.25) is 0 Å². The number of aliphatic hydroxyl groups is 1. The molecule has 4 nitrogen and oxygen atoms in total. The molecule has 0 saturated carbocycles. The van der Waals surface area contributed by atoms with Gasteiger partial charge in [-0.05, 0) is 24.1 Å². The van der Waals surface area contributed by atoms with Crippen LogP contribution in [-0.2, 0) is 11.0 Å². The zero-order chi connectivity index (χ0) is 15.6. The van der Waals surface area contributed by atoms with Gasteiger partial charge in [-0.1, -0.05) is 12.1 Å². The van der Waals surface area contributed by atoms with E-state index in [1.54, 1.807) is 11.9 Å². The lowest BCUT2D eigenvalue weighted by molar-refractivity contribution is -0.137. The van der Waals surface area contributed by atoms with E-state index in [0.29, 0.717) is 18.5 Å². The minimum atomic E-state index is -4.39. The summed E-state index contributed by atoms with van der Waals surface area (Å²) in [4.78, 5) is 13.3. The number of alkyl halides is 3. The minimum Gasteiger partial charge on any atom is -0.387 e. The molecule has 21 heavy (non-hydrogen) atoms. The zero-order valence-corrected chi connectivity index (χ0v) is 11.5. The normalized spacial score (nSPS) is 20.9. The molecule has 1 aliphatic heterocycles. The van der Waals surface area contributed by atoms with Gasteiger partial charge in [0.2, 0.25) is 5.91 Å². The third-order valence-electron chi connectivity index (χ3n) is 3.61. The zero-order valence-electron chi connectivity index (χ0n) is 11.5. The monoisotopic (exact) mass is 302 g/mol. The molecule has 1 aromatic rings. The second kappa shape index (κ2) is 6.03. The lowest BCUT2D eigenvalue weighted by atomic mass is 10.1. The second-order valence-electron chi connectivity index (χ2n) is 5.14. The number of halogens is 3. The number of likely N-dealkylation sites (tertiary alicyclic amines) is 1. The van der Waals surface area contributed by atoms with Crippen LogP contribution in [0.15, 0.2) is 24.3 Å². The molecule has 2 unspecified atom stereocenters. The molecular weight excluding hydrogens is 285 g/mol. The van der Waals surface area contributed by atoms with Crippen molar-refractivity contribution in [3.63, 3.8) is 0 Å². The first-order valence-corrected chi connectivity index (χ1v) is 6.62. The van der Waals surface area contributed by atoms with Crippen molar-refractivity contribution in [1.82, 2.24) is 10.2 Å². The molecule has 116 valence electrons. The summed E-state index contributed by atoms with van der Waals surface area (Å²) >= 11 is 0. The maximum absolute atomic E-state index is 12.4. The fourth-order valence-corrected chi connectivity index (χ4v) is 2.28. The Morgan fingerprint density at radius 3 is 2.48 bits per heavy atom. The van der Waals surface area contributed by atoms with Crippen LogP contribution < -0.4 is 5.32 Å². The molecule has 2 rings (SSSR count). The molecule has 1 aromatic carbocycles. The van der Waals surface area contributed by atoms with Gasteiger partial charge in [-0.2, -0.15) is 13.2 Å². The number of hydrogen-bond acceptors (Lipinski definition) is 3. The Bertz CT molecular complexity index is 502. The molecule has 1 amide bonds. The third kappa shape index (κ3) is 3.74. The number of hydrogen-bond donors (Lipinski definition) is 2. The van der Waals surface area contributed by atoms with Crippen molar-refractivity contribution in [2.75, 3.05) is 20.1 Å². The van der Waals surface area contributed by atoms with Crippen LogP contribution >= 0.6 is 0 Å². The van der Waals surface area contributed by atoms with Crippen LogP contribution in [0.3, 0.4) is 0 Å². The quantitative estimate of drug-likeness (QED) is 0.887. The van der Waals surface area contributed by atoms with Crippen molar-refractivity contribution in [3.05, 3.63) is 35.4 Å². The Kier molecular flexibility index (Phi) is 4.53. The second-order valence-corrected chi connectivity index (χ2v) is 5.14. The van der Waals surface area contributed by atoms with E-state index in [1.165, 1.54) is 12.1 Å². The van der Waals surface area contributed by atoms with Gasteiger partial charge in [0.05, 0.1) is 17.7 Å². The maximum atomic E-state index is 12.4. The lowest BCUT2D eigenvalue weighted by Crippen LogP contribution is -2.38. The number of nitrogens with one attached hydrogen (secondary N) is 1. The predicted octanol–water partition coefficient (Wildman–Crippen LogP) is 1.56. The number of carbonyl (C=O) groups excluding carboxylic acids is 1. The predicted molar refractivity (Wildman–Crippen MR) is 70.4 cm³/mol. The Balaban J connectivity index is 1.92. The van der Waals surface area contributed by atoms with Gasteiger partial charge in [0.1, 0.15) is 0 Å². The maximum Gasteiger partial charge on any atom is 0.416 e. The molecule has 7 heteroatoms. The Morgan fingerprint density at radius 1 is 1.38 bits per heavy atom. The number of nitrogens with zero attached hydrogens (tertiary/aromatic N) is 1. The minimum absolute atomic E-state index is 0.0328. The van der Waals surface area contributed by atoms with E-state index < -0.39 is 17.8 Å². The Hall–Kier alpha value is -1.60. The highest BCUT2D eigenvalue weighted by Gasteiger charge is 2.31. The van der Waals surface area contributed by atoms with Crippen molar-refractivity contribution in [3.8, 4) is 0 Å². The number of carbonyl (C=O) groups is 1. The van der Waals surface area contributed by atoms with Crippen molar-refractivity contribution in [1.29, 1.82) is 0 Å².